The Morgan fingerprint density at radius 3 is 3.08 bits per heavy atom. The topological polar surface area (TPSA) is 59.2 Å². The van der Waals surface area contributed by atoms with Gasteiger partial charge in [-0.25, -0.2) is 0 Å². The predicted octanol–water partition coefficient (Wildman–Crippen LogP) is 3.62. The van der Waals surface area contributed by atoms with Gasteiger partial charge in [0.15, 0.2) is 0 Å². The summed E-state index contributed by atoms with van der Waals surface area (Å²) in [6.45, 7) is 0.766. The summed E-state index contributed by atoms with van der Waals surface area (Å²) in [7, 11) is 0. The molecule has 2 aromatic heterocycles. The molecule has 0 fully saturated rings. The fourth-order valence-corrected chi connectivity index (χ4v) is 4.09. The van der Waals surface area contributed by atoms with Crippen LogP contribution in [0.15, 0.2) is 46.3 Å². The Labute approximate surface area is 147 Å². The van der Waals surface area contributed by atoms with Gasteiger partial charge in [-0.2, -0.15) is 4.98 Å². The third kappa shape index (κ3) is 3.09. The van der Waals surface area contributed by atoms with Gasteiger partial charge in [-0.15, -0.1) is 23.1 Å². The zero-order chi connectivity index (χ0) is 16.4. The van der Waals surface area contributed by atoms with Crippen molar-refractivity contribution in [2.75, 3.05) is 17.2 Å². The minimum atomic E-state index is 0.128. The van der Waals surface area contributed by atoms with Gasteiger partial charge in [0.05, 0.1) is 16.4 Å². The number of hydrogen-bond donors (Lipinski definition) is 0. The molecule has 3 heterocycles. The van der Waals surface area contributed by atoms with E-state index in [0.717, 1.165) is 23.5 Å². The summed E-state index contributed by atoms with van der Waals surface area (Å²) in [5.41, 5.74) is 2.29. The average Bonchev–Trinajstić information content (AvgIpc) is 3.34. The summed E-state index contributed by atoms with van der Waals surface area (Å²) in [5, 5.41) is 5.96. The molecule has 0 saturated carbocycles. The molecular formula is C17H15N3O2S2. The van der Waals surface area contributed by atoms with Gasteiger partial charge >= 0.3 is 0 Å². The van der Waals surface area contributed by atoms with Gasteiger partial charge in [0.1, 0.15) is 0 Å². The summed E-state index contributed by atoms with van der Waals surface area (Å²) in [5.74, 6) is 2.24. The van der Waals surface area contributed by atoms with Gasteiger partial charge in [-0.1, -0.05) is 29.4 Å². The number of fused-ring (bicyclic) bond motifs is 1. The van der Waals surface area contributed by atoms with Crippen LogP contribution in [0.5, 0.6) is 0 Å². The Bertz CT molecular complexity index is 845. The van der Waals surface area contributed by atoms with E-state index >= 15 is 0 Å². The zero-order valence-corrected chi connectivity index (χ0v) is 14.5. The average molecular weight is 357 g/mol. The highest BCUT2D eigenvalue weighted by atomic mass is 32.2. The molecule has 0 saturated heterocycles. The van der Waals surface area contributed by atoms with Crippen molar-refractivity contribution < 1.29 is 9.32 Å². The summed E-state index contributed by atoms with van der Waals surface area (Å²) < 4.78 is 5.25. The second-order valence-electron chi connectivity index (χ2n) is 5.41. The fourth-order valence-electron chi connectivity index (χ4n) is 2.72. The minimum absolute atomic E-state index is 0.128. The van der Waals surface area contributed by atoms with Gasteiger partial charge in [0.25, 0.3) is 0 Å². The summed E-state index contributed by atoms with van der Waals surface area (Å²) >= 11 is 3.08. The lowest BCUT2D eigenvalue weighted by molar-refractivity contribution is -0.116. The number of thioether (sulfide) groups is 1. The number of carbonyl (C=O) groups is 1. The first-order chi connectivity index (χ1) is 11.8. The molecule has 1 amide bonds. The van der Waals surface area contributed by atoms with Crippen LogP contribution >= 0.6 is 23.1 Å². The molecule has 0 N–H and O–H groups in total. The number of thiophene rings is 1. The summed E-state index contributed by atoms with van der Waals surface area (Å²) in [6, 6.07) is 12.0. The van der Waals surface area contributed by atoms with Crippen LogP contribution in [0.25, 0.3) is 10.7 Å². The molecule has 122 valence electrons. The van der Waals surface area contributed by atoms with Crippen molar-refractivity contribution in [3.63, 3.8) is 0 Å². The van der Waals surface area contributed by atoms with Gasteiger partial charge in [0, 0.05) is 12.2 Å². The van der Waals surface area contributed by atoms with Crippen molar-refractivity contribution in [2.24, 2.45) is 0 Å². The van der Waals surface area contributed by atoms with Crippen molar-refractivity contribution in [1.29, 1.82) is 0 Å². The molecule has 3 aromatic rings. The number of aromatic nitrogens is 2. The molecule has 0 atom stereocenters. The van der Waals surface area contributed by atoms with Crippen LogP contribution in [0.1, 0.15) is 11.5 Å². The molecule has 7 heteroatoms. The third-order valence-corrected chi connectivity index (χ3v) is 5.62. The maximum Gasteiger partial charge on any atom is 0.237 e. The van der Waals surface area contributed by atoms with Crippen LogP contribution < -0.4 is 4.90 Å². The molecule has 1 aliphatic heterocycles. The minimum Gasteiger partial charge on any atom is -0.338 e. The monoisotopic (exact) mass is 357 g/mol. The van der Waals surface area contributed by atoms with E-state index in [1.54, 1.807) is 11.3 Å². The molecular weight excluding hydrogens is 342 g/mol. The summed E-state index contributed by atoms with van der Waals surface area (Å²) in [6.07, 6.45) is 0.931. The van der Waals surface area contributed by atoms with Crippen LogP contribution in [0, 0.1) is 0 Å². The van der Waals surface area contributed by atoms with Crippen molar-refractivity contribution in [3.05, 3.63) is 53.2 Å². The van der Waals surface area contributed by atoms with Crippen LogP contribution in [-0.2, 0) is 17.0 Å². The molecule has 5 nitrogen and oxygen atoms in total. The van der Waals surface area contributed by atoms with Crippen LogP contribution in [-0.4, -0.2) is 28.3 Å². The lowest BCUT2D eigenvalue weighted by Crippen LogP contribution is -2.30. The predicted molar refractivity (Wildman–Crippen MR) is 96.3 cm³/mol. The second-order valence-corrected chi connectivity index (χ2v) is 7.34. The first-order valence-corrected chi connectivity index (χ1v) is 9.67. The number of carbonyl (C=O) groups excluding carboxylic acids is 1. The standard InChI is InChI=1S/C17H15N3O2S2/c21-16(20-8-7-12-4-1-2-5-13(12)20)11-23-10-15-18-17(19-22-15)14-6-3-9-24-14/h1-6,9H,7-8,10-11H2. The zero-order valence-electron chi connectivity index (χ0n) is 12.8. The first kappa shape index (κ1) is 15.4. The van der Waals surface area contributed by atoms with E-state index in [4.69, 9.17) is 4.52 Å². The van der Waals surface area contributed by atoms with E-state index in [2.05, 4.69) is 16.2 Å². The van der Waals surface area contributed by atoms with E-state index in [9.17, 15) is 4.79 Å². The molecule has 24 heavy (non-hydrogen) atoms. The van der Waals surface area contributed by atoms with E-state index in [1.165, 1.54) is 17.3 Å². The Kier molecular flexibility index (Phi) is 4.36. The molecule has 0 aliphatic carbocycles. The lowest BCUT2D eigenvalue weighted by atomic mass is 10.2. The maximum absolute atomic E-state index is 12.4. The van der Waals surface area contributed by atoms with E-state index in [-0.39, 0.29) is 5.91 Å². The Hall–Kier alpha value is -2.12. The van der Waals surface area contributed by atoms with E-state index in [1.807, 2.05) is 40.6 Å². The Balaban J connectivity index is 1.32. The molecule has 1 aromatic carbocycles. The third-order valence-electron chi connectivity index (χ3n) is 3.85. The SMILES string of the molecule is O=C(CSCc1nc(-c2cccs2)no1)N1CCc2ccccc21. The highest BCUT2D eigenvalue weighted by molar-refractivity contribution is 7.99. The van der Waals surface area contributed by atoms with Crippen molar-refractivity contribution >= 4 is 34.7 Å². The number of amides is 1. The van der Waals surface area contributed by atoms with E-state index in [0.29, 0.717) is 23.2 Å². The highest BCUT2D eigenvalue weighted by Crippen LogP contribution is 2.28. The van der Waals surface area contributed by atoms with Crippen LogP contribution in [0.2, 0.25) is 0 Å². The van der Waals surface area contributed by atoms with Gasteiger partial charge in [0.2, 0.25) is 17.6 Å². The second kappa shape index (κ2) is 6.78. The number of rotatable bonds is 5. The number of para-hydroxylation sites is 1. The quantitative estimate of drug-likeness (QED) is 0.698. The number of nitrogens with zero attached hydrogens (tertiary/aromatic N) is 3. The number of hydrogen-bond acceptors (Lipinski definition) is 6. The lowest BCUT2D eigenvalue weighted by Gasteiger charge is -2.16. The van der Waals surface area contributed by atoms with Crippen molar-refractivity contribution in [2.45, 2.75) is 12.2 Å². The first-order valence-electron chi connectivity index (χ1n) is 7.64. The highest BCUT2D eigenvalue weighted by Gasteiger charge is 2.23. The molecule has 0 radical (unpaired) electrons. The van der Waals surface area contributed by atoms with Crippen molar-refractivity contribution in [3.8, 4) is 10.7 Å². The van der Waals surface area contributed by atoms with Gasteiger partial charge < -0.3 is 9.42 Å². The maximum atomic E-state index is 12.4. The fraction of sp³-hybridized carbons (Fsp3) is 0.235. The normalized spacial score (nSPS) is 13.2. The number of benzene rings is 1. The molecule has 0 bridgehead atoms. The smallest absolute Gasteiger partial charge is 0.237 e. The van der Waals surface area contributed by atoms with Gasteiger partial charge in [-0.3, -0.25) is 4.79 Å². The van der Waals surface area contributed by atoms with Gasteiger partial charge in [-0.05, 0) is 29.5 Å². The van der Waals surface area contributed by atoms with E-state index < -0.39 is 0 Å². The molecule has 0 spiro atoms. The van der Waals surface area contributed by atoms with Crippen LogP contribution in [0.4, 0.5) is 5.69 Å². The summed E-state index contributed by atoms with van der Waals surface area (Å²) in [4.78, 5) is 19.7. The number of anilines is 1. The van der Waals surface area contributed by atoms with Crippen molar-refractivity contribution in [1.82, 2.24) is 10.1 Å². The largest absolute Gasteiger partial charge is 0.338 e. The molecule has 4 rings (SSSR count). The Morgan fingerprint density at radius 1 is 1.29 bits per heavy atom. The molecule has 1 aliphatic rings. The Morgan fingerprint density at radius 2 is 2.21 bits per heavy atom. The van der Waals surface area contributed by atoms with Crippen LogP contribution in [0.3, 0.4) is 0 Å². The molecule has 0 unspecified atom stereocenters.